The van der Waals surface area contributed by atoms with Crippen LogP contribution in [0.15, 0.2) is 41.7 Å². The van der Waals surface area contributed by atoms with Gasteiger partial charge in [-0.1, -0.05) is 11.6 Å². The number of ether oxygens (including phenoxy) is 1. The monoisotopic (exact) mass is 413 g/mol. The Morgan fingerprint density at radius 2 is 2.07 bits per heavy atom. The van der Waals surface area contributed by atoms with Gasteiger partial charge in [-0.15, -0.1) is 0 Å². The third-order valence-electron chi connectivity index (χ3n) is 3.46. The highest BCUT2D eigenvalue weighted by molar-refractivity contribution is 6.34. The molecule has 0 aliphatic carbocycles. The van der Waals surface area contributed by atoms with E-state index in [9.17, 15) is 18.0 Å². The standard InChI is InChI=1S/C17H15ClF3N5O2/c1-24-14(15(20)21)9(7-22)17(27)26-8-2-3-11(10(19)6-8)28-12-4-5-25-16(23)13(12)18/h2-7,15,22,24H,1H3,(H2,23,25)(H,26,27)/b14-9+,22-7?. The number of allylic oxidation sites excluding steroid dienone is 1. The molecule has 148 valence electrons. The molecule has 1 heterocycles. The number of nitrogens with one attached hydrogen (secondary N) is 3. The lowest BCUT2D eigenvalue weighted by molar-refractivity contribution is -0.112. The van der Waals surface area contributed by atoms with E-state index in [4.69, 9.17) is 27.5 Å². The fourth-order valence-electron chi connectivity index (χ4n) is 2.13. The van der Waals surface area contributed by atoms with Gasteiger partial charge < -0.3 is 26.5 Å². The number of hydrogen-bond acceptors (Lipinski definition) is 6. The van der Waals surface area contributed by atoms with Gasteiger partial charge in [-0.25, -0.2) is 18.2 Å². The maximum absolute atomic E-state index is 14.3. The van der Waals surface area contributed by atoms with Gasteiger partial charge in [0.05, 0.1) is 11.3 Å². The van der Waals surface area contributed by atoms with Crippen LogP contribution < -0.4 is 21.1 Å². The first-order valence-corrected chi connectivity index (χ1v) is 8.05. The van der Waals surface area contributed by atoms with Crippen LogP contribution in [0.3, 0.4) is 0 Å². The number of amides is 1. The molecule has 11 heteroatoms. The van der Waals surface area contributed by atoms with E-state index >= 15 is 0 Å². The van der Waals surface area contributed by atoms with Crippen molar-refractivity contribution in [3.05, 3.63) is 52.6 Å². The van der Waals surface area contributed by atoms with E-state index in [-0.39, 0.29) is 28.0 Å². The summed E-state index contributed by atoms with van der Waals surface area (Å²) in [6.07, 6.45) is -1.18. The number of nitrogen functional groups attached to an aromatic ring is 1. The molecule has 0 atom stereocenters. The zero-order chi connectivity index (χ0) is 20.8. The molecule has 0 saturated heterocycles. The highest BCUT2D eigenvalue weighted by Crippen LogP contribution is 2.33. The molecule has 1 aromatic carbocycles. The molecule has 0 bridgehead atoms. The predicted molar refractivity (Wildman–Crippen MR) is 99.6 cm³/mol. The number of hydrogen-bond donors (Lipinski definition) is 4. The summed E-state index contributed by atoms with van der Waals surface area (Å²) in [6.45, 7) is 0. The van der Waals surface area contributed by atoms with Crippen LogP contribution in [0, 0.1) is 11.2 Å². The Labute approximate surface area is 162 Å². The quantitative estimate of drug-likeness (QED) is 0.409. The summed E-state index contributed by atoms with van der Waals surface area (Å²) in [5, 5.41) is 11.6. The van der Waals surface area contributed by atoms with Crippen molar-refractivity contribution in [2.24, 2.45) is 0 Å². The minimum atomic E-state index is -2.99. The maximum Gasteiger partial charge on any atom is 0.278 e. The van der Waals surface area contributed by atoms with Crippen molar-refractivity contribution in [2.75, 3.05) is 18.1 Å². The summed E-state index contributed by atoms with van der Waals surface area (Å²) in [5.74, 6) is -1.98. The van der Waals surface area contributed by atoms with Crippen LogP contribution in [-0.2, 0) is 4.79 Å². The number of nitrogens with zero attached hydrogens (tertiary/aromatic N) is 1. The maximum atomic E-state index is 14.3. The van der Waals surface area contributed by atoms with Crippen molar-refractivity contribution < 1.29 is 22.7 Å². The van der Waals surface area contributed by atoms with Crippen LogP contribution in [0.5, 0.6) is 11.5 Å². The fourth-order valence-corrected chi connectivity index (χ4v) is 2.28. The summed E-state index contributed by atoms with van der Waals surface area (Å²) in [7, 11) is 1.20. The van der Waals surface area contributed by atoms with Crippen LogP contribution >= 0.6 is 11.6 Å². The van der Waals surface area contributed by atoms with Crippen molar-refractivity contribution in [1.82, 2.24) is 10.3 Å². The molecule has 2 rings (SSSR count). The Morgan fingerprint density at radius 1 is 1.36 bits per heavy atom. The van der Waals surface area contributed by atoms with Gasteiger partial charge >= 0.3 is 0 Å². The molecule has 0 aliphatic rings. The van der Waals surface area contributed by atoms with E-state index in [2.05, 4.69) is 15.6 Å². The summed E-state index contributed by atoms with van der Waals surface area (Å²) in [5.41, 5.74) is 4.21. The lowest BCUT2D eigenvalue weighted by Crippen LogP contribution is -2.25. The summed E-state index contributed by atoms with van der Waals surface area (Å²) < 4.78 is 45.5. The van der Waals surface area contributed by atoms with E-state index in [1.165, 1.54) is 31.4 Å². The first-order valence-electron chi connectivity index (χ1n) is 7.67. The van der Waals surface area contributed by atoms with E-state index in [1.54, 1.807) is 0 Å². The molecular weight excluding hydrogens is 399 g/mol. The number of alkyl halides is 2. The molecule has 0 saturated carbocycles. The van der Waals surface area contributed by atoms with E-state index in [0.717, 1.165) is 6.07 Å². The van der Waals surface area contributed by atoms with E-state index in [0.29, 0.717) is 6.21 Å². The van der Waals surface area contributed by atoms with Crippen molar-refractivity contribution in [3.8, 4) is 11.5 Å². The number of aromatic nitrogens is 1. The summed E-state index contributed by atoms with van der Waals surface area (Å²) in [4.78, 5) is 15.9. The Kier molecular flexibility index (Phi) is 6.83. The van der Waals surface area contributed by atoms with Crippen molar-refractivity contribution in [3.63, 3.8) is 0 Å². The zero-order valence-electron chi connectivity index (χ0n) is 14.4. The molecule has 1 amide bonds. The van der Waals surface area contributed by atoms with Gasteiger partial charge in [0.1, 0.15) is 10.8 Å². The minimum Gasteiger partial charge on any atom is -0.453 e. The van der Waals surface area contributed by atoms with E-state index in [1.807, 2.05) is 0 Å². The highest BCUT2D eigenvalue weighted by atomic mass is 35.5. The fraction of sp³-hybridized carbons (Fsp3) is 0.118. The largest absolute Gasteiger partial charge is 0.453 e. The van der Waals surface area contributed by atoms with Gasteiger partial charge in [-0.2, -0.15) is 0 Å². The van der Waals surface area contributed by atoms with Gasteiger partial charge in [-0.3, -0.25) is 4.79 Å². The molecule has 7 nitrogen and oxygen atoms in total. The van der Waals surface area contributed by atoms with Crippen LogP contribution in [-0.4, -0.2) is 30.6 Å². The molecule has 0 radical (unpaired) electrons. The van der Waals surface area contributed by atoms with Crippen LogP contribution in [0.25, 0.3) is 0 Å². The number of pyridine rings is 1. The second-order valence-electron chi connectivity index (χ2n) is 5.23. The van der Waals surface area contributed by atoms with Crippen molar-refractivity contribution in [1.29, 1.82) is 5.41 Å². The molecule has 28 heavy (non-hydrogen) atoms. The Morgan fingerprint density at radius 3 is 2.64 bits per heavy atom. The number of carbonyl (C=O) groups excluding carboxylic acids is 1. The third-order valence-corrected chi connectivity index (χ3v) is 3.84. The SMILES string of the molecule is CN/C(=C(\C=N)C(=O)Nc1ccc(Oc2ccnc(N)c2Cl)c(F)c1)C(F)F. The Balaban J connectivity index is 2.23. The van der Waals surface area contributed by atoms with Gasteiger partial charge in [-0.05, 0) is 12.1 Å². The van der Waals surface area contributed by atoms with Gasteiger partial charge in [0.15, 0.2) is 17.3 Å². The lowest BCUT2D eigenvalue weighted by atomic mass is 10.2. The van der Waals surface area contributed by atoms with Crippen LogP contribution in [0.2, 0.25) is 5.02 Å². The summed E-state index contributed by atoms with van der Waals surface area (Å²) in [6, 6.07) is 4.81. The minimum absolute atomic E-state index is 0.00614. The van der Waals surface area contributed by atoms with Crippen LogP contribution in [0.1, 0.15) is 0 Å². The zero-order valence-corrected chi connectivity index (χ0v) is 15.2. The van der Waals surface area contributed by atoms with Gasteiger partial charge in [0, 0.05) is 37.3 Å². The molecule has 1 aromatic heterocycles. The predicted octanol–water partition coefficient (Wildman–Crippen LogP) is 3.58. The number of carbonyl (C=O) groups is 1. The molecule has 0 spiro atoms. The number of nitrogens with two attached hydrogens (primary N) is 1. The number of halogens is 4. The number of rotatable bonds is 7. The topological polar surface area (TPSA) is 113 Å². The Bertz CT molecular complexity index is 937. The van der Waals surface area contributed by atoms with Gasteiger partial charge in [0.25, 0.3) is 12.3 Å². The molecule has 2 aromatic rings. The third kappa shape index (κ3) is 4.71. The molecule has 0 fully saturated rings. The molecule has 5 N–H and O–H groups in total. The highest BCUT2D eigenvalue weighted by Gasteiger charge is 2.20. The summed E-state index contributed by atoms with van der Waals surface area (Å²) >= 11 is 5.93. The smallest absolute Gasteiger partial charge is 0.278 e. The van der Waals surface area contributed by atoms with Crippen molar-refractivity contribution in [2.45, 2.75) is 6.43 Å². The van der Waals surface area contributed by atoms with Crippen LogP contribution in [0.4, 0.5) is 24.7 Å². The van der Waals surface area contributed by atoms with Crippen molar-refractivity contribution >= 4 is 35.2 Å². The van der Waals surface area contributed by atoms with E-state index < -0.39 is 29.4 Å². The lowest BCUT2D eigenvalue weighted by Gasteiger charge is -2.13. The average Bonchev–Trinajstić information content (AvgIpc) is 2.64. The number of benzene rings is 1. The first kappa shape index (κ1) is 21.0. The normalized spacial score (nSPS) is 11.6. The molecular formula is C17H15ClF3N5O2. The first-order chi connectivity index (χ1) is 13.3. The molecule has 0 aliphatic heterocycles. The Hall–Kier alpha value is -3.27. The second-order valence-corrected chi connectivity index (χ2v) is 5.61. The number of anilines is 2. The second kappa shape index (κ2) is 9.09. The molecule has 0 unspecified atom stereocenters. The average molecular weight is 414 g/mol. The van der Waals surface area contributed by atoms with Gasteiger partial charge in [0.2, 0.25) is 0 Å².